The molecular formula is C26H29N3O4S. The van der Waals surface area contributed by atoms with Crippen LogP contribution >= 0.6 is 0 Å². The maximum atomic E-state index is 13.1. The number of nitrogens with zero attached hydrogens (tertiary/aromatic N) is 1. The van der Waals surface area contributed by atoms with Crippen molar-refractivity contribution in [3.05, 3.63) is 94.5 Å². The lowest BCUT2D eigenvalue weighted by Crippen LogP contribution is -2.28. The predicted octanol–water partition coefficient (Wildman–Crippen LogP) is 4.30. The Hall–Kier alpha value is -3.49. The number of carbonyl (C=O) groups is 2. The summed E-state index contributed by atoms with van der Waals surface area (Å²) < 4.78 is 26.6. The molecule has 0 saturated carbocycles. The Bertz CT molecular complexity index is 1320. The molecule has 0 fully saturated rings. The molecule has 0 heterocycles. The third-order valence-electron chi connectivity index (χ3n) is 5.71. The molecule has 2 N–H and O–H groups in total. The summed E-state index contributed by atoms with van der Waals surface area (Å²) in [5, 5.41) is 5.72. The number of anilines is 1. The fourth-order valence-electron chi connectivity index (χ4n) is 3.51. The number of para-hydroxylation sites is 1. The van der Waals surface area contributed by atoms with Gasteiger partial charge < -0.3 is 10.6 Å². The van der Waals surface area contributed by atoms with Crippen LogP contribution in [0.1, 0.15) is 50.4 Å². The number of hydrogen-bond acceptors (Lipinski definition) is 4. The van der Waals surface area contributed by atoms with Crippen LogP contribution in [0.15, 0.2) is 71.6 Å². The van der Waals surface area contributed by atoms with Gasteiger partial charge in [0.1, 0.15) is 0 Å². The average molecular weight is 480 g/mol. The zero-order chi connectivity index (χ0) is 25.0. The van der Waals surface area contributed by atoms with Crippen LogP contribution in [0.4, 0.5) is 5.69 Å². The maximum absolute atomic E-state index is 13.1. The van der Waals surface area contributed by atoms with Crippen LogP contribution < -0.4 is 10.6 Å². The highest BCUT2D eigenvalue weighted by Crippen LogP contribution is 2.25. The standard InChI is InChI=1S/C26H29N3O4S/c1-17-15-21(16-24(18(17)2)34(32,33)29(4)5)25(30)28-23-14-10-9-13-22(23)26(31)27-19(3)20-11-7-6-8-12-20/h6-16,19H,1-5H3,(H,27,31)(H,28,30). The van der Waals surface area contributed by atoms with Gasteiger partial charge in [-0.05, 0) is 61.7 Å². The zero-order valence-corrected chi connectivity index (χ0v) is 20.7. The lowest BCUT2D eigenvalue weighted by atomic mass is 10.0. The second-order valence-electron chi connectivity index (χ2n) is 8.31. The lowest BCUT2D eigenvalue weighted by Gasteiger charge is -2.18. The third-order valence-corrected chi connectivity index (χ3v) is 7.65. The van der Waals surface area contributed by atoms with Crippen molar-refractivity contribution in [2.45, 2.75) is 31.7 Å². The van der Waals surface area contributed by atoms with Gasteiger partial charge in [0.2, 0.25) is 10.0 Å². The monoisotopic (exact) mass is 479 g/mol. The molecular weight excluding hydrogens is 450 g/mol. The highest BCUT2D eigenvalue weighted by atomic mass is 32.2. The molecule has 34 heavy (non-hydrogen) atoms. The summed E-state index contributed by atoms with van der Waals surface area (Å²) in [6, 6.07) is 19.1. The molecule has 0 spiro atoms. The van der Waals surface area contributed by atoms with E-state index >= 15 is 0 Å². The van der Waals surface area contributed by atoms with Crippen LogP contribution in [0.25, 0.3) is 0 Å². The Labute approximate surface area is 200 Å². The van der Waals surface area contributed by atoms with Crippen LogP contribution in [-0.2, 0) is 10.0 Å². The Morgan fingerprint density at radius 3 is 2.15 bits per heavy atom. The SMILES string of the molecule is Cc1cc(C(=O)Nc2ccccc2C(=O)NC(C)c2ccccc2)cc(S(=O)(=O)N(C)C)c1C. The van der Waals surface area contributed by atoms with E-state index < -0.39 is 15.9 Å². The van der Waals surface area contributed by atoms with Gasteiger partial charge >= 0.3 is 0 Å². The quantitative estimate of drug-likeness (QED) is 0.528. The predicted molar refractivity (Wildman–Crippen MR) is 134 cm³/mol. The second-order valence-corrected chi connectivity index (χ2v) is 10.4. The summed E-state index contributed by atoms with van der Waals surface area (Å²) in [6.45, 7) is 5.35. The molecule has 7 nitrogen and oxygen atoms in total. The van der Waals surface area contributed by atoms with Crippen LogP contribution in [-0.4, -0.2) is 38.6 Å². The fourth-order valence-corrected chi connectivity index (χ4v) is 4.72. The van der Waals surface area contributed by atoms with Gasteiger partial charge in [0.15, 0.2) is 0 Å². The third kappa shape index (κ3) is 5.35. The van der Waals surface area contributed by atoms with Crippen molar-refractivity contribution in [2.24, 2.45) is 0 Å². The van der Waals surface area contributed by atoms with Crippen LogP contribution in [0.3, 0.4) is 0 Å². The number of benzene rings is 3. The highest BCUT2D eigenvalue weighted by molar-refractivity contribution is 7.89. The van der Waals surface area contributed by atoms with Gasteiger partial charge in [-0.1, -0.05) is 42.5 Å². The van der Waals surface area contributed by atoms with Gasteiger partial charge in [-0.25, -0.2) is 12.7 Å². The topological polar surface area (TPSA) is 95.6 Å². The summed E-state index contributed by atoms with van der Waals surface area (Å²) in [7, 11) is -0.838. The number of aryl methyl sites for hydroxylation is 1. The van der Waals surface area contributed by atoms with E-state index in [0.29, 0.717) is 22.4 Å². The molecule has 8 heteroatoms. The van der Waals surface area contributed by atoms with Crippen LogP contribution in [0, 0.1) is 13.8 Å². The molecule has 0 aromatic heterocycles. The normalized spacial score (nSPS) is 12.3. The molecule has 3 aromatic rings. The van der Waals surface area contributed by atoms with E-state index in [1.807, 2.05) is 37.3 Å². The molecule has 0 aliphatic heterocycles. The molecule has 0 radical (unpaired) electrons. The molecule has 1 unspecified atom stereocenters. The van der Waals surface area contributed by atoms with Crippen molar-refractivity contribution in [3.63, 3.8) is 0 Å². The first kappa shape index (κ1) is 25.1. The summed E-state index contributed by atoms with van der Waals surface area (Å²) in [5.74, 6) is -0.835. The number of rotatable bonds is 7. The Morgan fingerprint density at radius 2 is 1.50 bits per heavy atom. The largest absolute Gasteiger partial charge is 0.345 e. The van der Waals surface area contributed by atoms with Crippen molar-refractivity contribution < 1.29 is 18.0 Å². The van der Waals surface area contributed by atoms with Crippen LogP contribution in [0.5, 0.6) is 0 Å². The molecule has 1 atom stereocenters. The van der Waals surface area contributed by atoms with Crippen molar-refractivity contribution in [3.8, 4) is 0 Å². The average Bonchev–Trinajstić information content (AvgIpc) is 2.81. The molecule has 0 aliphatic rings. The van der Waals surface area contributed by atoms with E-state index in [1.165, 1.54) is 20.2 Å². The minimum atomic E-state index is -3.73. The molecule has 0 aliphatic carbocycles. The van der Waals surface area contributed by atoms with Crippen molar-refractivity contribution in [2.75, 3.05) is 19.4 Å². The Balaban J connectivity index is 1.88. The van der Waals surface area contributed by atoms with Gasteiger partial charge in [-0.2, -0.15) is 0 Å². The minimum Gasteiger partial charge on any atom is -0.345 e. The van der Waals surface area contributed by atoms with E-state index in [2.05, 4.69) is 10.6 Å². The molecule has 0 bridgehead atoms. The molecule has 2 amide bonds. The van der Waals surface area contributed by atoms with E-state index in [4.69, 9.17) is 0 Å². The van der Waals surface area contributed by atoms with Gasteiger partial charge in [-0.15, -0.1) is 0 Å². The lowest BCUT2D eigenvalue weighted by molar-refractivity contribution is 0.0940. The smallest absolute Gasteiger partial charge is 0.255 e. The number of amides is 2. The summed E-state index contributed by atoms with van der Waals surface area (Å²) in [4.78, 5) is 26.1. The second kappa shape index (κ2) is 10.2. The van der Waals surface area contributed by atoms with Crippen molar-refractivity contribution in [1.29, 1.82) is 0 Å². The molecule has 3 aromatic carbocycles. The maximum Gasteiger partial charge on any atom is 0.255 e. The van der Waals surface area contributed by atoms with Gasteiger partial charge in [0.05, 0.1) is 22.2 Å². The van der Waals surface area contributed by atoms with Gasteiger partial charge in [-0.3, -0.25) is 9.59 Å². The molecule has 178 valence electrons. The number of nitrogens with one attached hydrogen (secondary N) is 2. The first-order valence-corrected chi connectivity index (χ1v) is 12.3. The first-order chi connectivity index (χ1) is 16.0. The van der Waals surface area contributed by atoms with Crippen molar-refractivity contribution in [1.82, 2.24) is 9.62 Å². The zero-order valence-electron chi connectivity index (χ0n) is 19.9. The summed E-state index contributed by atoms with van der Waals surface area (Å²) in [5.41, 5.74) is 3.05. The first-order valence-electron chi connectivity index (χ1n) is 10.8. The molecule has 0 saturated heterocycles. The minimum absolute atomic E-state index is 0.0744. The Morgan fingerprint density at radius 1 is 0.882 bits per heavy atom. The summed E-state index contributed by atoms with van der Waals surface area (Å²) >= 11 is 0. The van der Waals surface area contributed by atoms with E-state index in [1.54, 1.807) is 44.2 Å². The number of carbonyl (C=O) groups excluding carboxylic acids is 2. The van der Waals surface area contributed by atoms with Crippen molar-refractivity contribution >= 4 is 27.5 Å². The number of sulfonamides is 1. The van der Waals surface area contributed by atoms with Crippen LogP contribution in [0.2, 0.25) is 0 Å². The fraction of sp³-hybridized carbons (Fsp3) is 0.231. The van der Waals surface area contributed by atoms with Gasteiger partial charge in [0, 0.05) is 19.7 Å². The summed E-state index contributed by atoms with van der Waals surface area (Å²) in [6.07, 6.45) is 0. The van der Waals surface area contributed by atoms with E-state index in [-0.39, 0.29) is 22.4 Å². The van der Waals surface area contributed by atoms with E-state index in [9.17, 15) is 18.0 Å². The Kier molecular flexibility index (Phi) is 7.54. The highest BCUT2D eigenvalue weighted by Gasteiger charge is 2.23. The molecule has 3 rings (SSSR count). The number of hydrogen-bond donors (Lipinski definition) is 2. The van der Waals surface area contributed by atoms with Gasteiger partial charge in [0.25, 0.3) is 11.8 Å². The van der Waals surface area contributed by atoms with E-state index in [0.717, 1.165) is 9.87 Å².